The minimum Gasteiger partial charge on any atom is -0.378 e. The van der Waals surface area contributed by atoms with Crippen molar-refractivity contribution in [3.05, 3.63) is 30.1 Å². The van der Waals surface area contributed by atoms with Crippen molar-refractivity contribution in [1.82, 2.24) is 10.1 Å². The van der Waals surface area contributed by atoms with E-state index in [1.807, 2.05) is 43.3 Å². The Hall–Kier alpha value is -1.55. The Bertz CT molecular complexity index is 482. The number of aromatic nitrogens is 2. The lowest BCUT2D eigenvalue weighted by atomic mass is 10.2. The van der Waals surface area contributed by atoms with Crippen molar-refractivity contribution < 1.29 is 4.52 Å². The summed E-state index contributed by atoms with van der Waals surface area (Å²) in [6.07, 6.45) is 0. The van der Waals surface area contributed by atoms with E-state index in [1.54, 1.807) is 0 Å². The number of hydrogen-bond acceptors (Lipinski definition) is 4. The van der Waals surface area contributed by atoms with Crippen LogP contribution in [0.1, 0.15) is 5.82 Å². The number of benzene rings is 1. The Morgan fingerprint density at radius 3 is 2.81 bits per heavy atom. The summed E-state index contributed by atoms with van der Waals surface area (Å²) >= 11 is 5.62. The SMILES string of the molecule is CN(C)c1cccc(-c2nc(CCl)no2)c1. The number of alkyl halides is 1. The second-order valence-electron chi connectivity index (χ2n) is 3.59. The maximum absolute atomic E-state index is 5.62. The molecule has 16 heavy (non-hydrogen) atoms. The summed E-state index contributed by atoms with van der Waals surface area (Å²) in [6, 6.07) is 7.89. The molecule has 0 unspecified atom stereocenters. The third-order valence-corrected chi connectivity index (χ3v) is 2.44. The average molecular weight is 238 g/mol. The minimum atomic E-state index is 0.261. The van der Waals surface area contributed by atoms with Crippen molar-refractivity contribution in [2.75, 3.05) is 19.0 Å². The van der Waals surface area contributed by atoms with Crippen molar-refractivity contribution in [3.63, 3.8) is 0 Å². The van der Waals surface area contributed by atoms with Gasteiger partial charge < -0.3 is 9.42 Å². The van der Waals surface area contributed by atoms with Gasteiger partial charge in [0.2, 0.25) is 0 Å². The molecule has 5 heteroatoms. The molecular weight excluding hydrogens is 226 g/mol. The fraction of sp³-hybridized carbons (Fsp3) is 0.273. The van der Waals surface area contributed by atoms with Gasteiger partial charge in [-0.2, -0.15) is 4.98 Å². The van der Waals surface area contributed by atoms with Crippen LogP contribution < -0.4 is 4.90 Å². The molecule has 2 aromatic rings. The van der Waals surface area contributed by atoms with Gasteiger partial charge in [0.15, 0.2) is 5.82 Å². The molecule has 0 radical (unpaired) electrons. The van der Waals surface area contributed by atoms with E-state index in [9.17, 15) is 0 Å². The van der Waals surface area contributed by atoms with Crippen LogP contribution in [0.15, 0.2) is 28.8 Å². The van der Waals surface area contributed by atoms with Crippen LogP contribution in [0.2, 0.25) is 0 Å². The van der Waals surface area contributed by atoms with Gasteiger partial charge in [-0.25, -0.2) is 0 Å². The number of halogens is 1. The molecule has 0 aliphatic rings. The summed E-state index contributed by atoms with van der Waals surface area (Å²) in [5.74, 6) is 1.27. The van der Waals surface area contributed by atoms with Crippen LogP contribution in [0.5, 0.6) is 0 Å². The first kappa shape index (κ1) is 11.0. The summed E-state index contributed by atoms with van der Waals surface area (Å²) in [7, 11) is 3.97. The van der Waals surface area contributed by atoms with Crippen molar-refractivity contribution >= 4 is 17.3 Å². The standard InChI is InChI=1S/C11H12ClN3O/c1-15(2)9-5-3-4-8(6-9)11-13-10(7-12)14-16-11/h3-6H,7H2,1-2H3. The van der Waals surface area contributed by atoms with Gasteiger partial charge in [0.1, 0.15) is 0 Å². The molecule has 0 saturated heterocycles. The molecule has 0 atom stereocenters. The van der Waals surface area contributed by atoms with Gasteiger partial charge in [-0.15, -0.1) is 11.6 Å². The maximum atomic E-state index is 5.62. The normalized spacial score (nSPS) is 10.4. The van der Waals surface area contributed by atoms with E-state index >= 15 is 0 Å². The number of hydrogen-bond donors (Lipinski definition) is 0. The lowest BCUT2D eigenvalue weighted by Crippen LogP contribution is -2.08. The summed E-state index contributed by atoms with van der Waals surface area (Å²) in [5.41, 5.74) is 1.98. The van der Waals surface area contributed by atoms with Crippen molar-refractivity contribution in [1.29, 1.82) is 0 Å². The number of nitrogens with zero attached hydrogens (tertiary/aromatic N) is 3. The maximum Gasteiger partial charge on any atom is 0.258 e. The molecule has 4 nitrogen and oxygen atoms in total. The Kier molecular flexibility index (Phi) is 3.10. The molecule has 0 saturated carbocycles. The summed E-state index contributed by atoms with van der Waals surface area (Å²) < 4.78 is 5.11. The Morgan fingerprint density at radius 1 is 1.38 bits per heavy atom. The highest BCUT2D eigenvalue weighted by atomic mass is 35.5. The fourth-order valence-electron chi connectivity index (χ4n) is 1.34. The number of rotatable bonds is 3. The van der Waals surface area contributed by atoms with Gasteiger partial charge in [0.05, 0.1) is 5.88 Å². The summed E-state index contributed by atoms with van der Waals surface area (Å²) in [4.78, 5) is 6.19. The molecular formula is C11H12ClN3O. The quantitative estimate of drug-likeness (QED) is 0.770. The van der Waals surface area contributed by atoms with E-state index in [2.05, 4.69) is 10.1 Å². The Balaban J connectivity index is 2.36. The molecule has 1 aromatic heterocycles. The second-order valence-corrected chi connectivity index (χ2v) is 3.86. The fourth-order valence-corrected chi connectivity index (χ4v) is 1.45. The van der Waals surface area contributed by atoms with Crippen molar-refractivity contribution in [2.45, 2.75) is 5.88 Å². The van der Waals surface area contributed by atoms with Gasteiger partial charge >= 0.3 is 0 Å². The molecule has 0 bridgehead atoms. The van der Waals surface area contributed by atoms with Crippen LogP contribution in [-0.4, -0.2) is 24.2 Å². The van der Waals surface area contributed by atoms with E-state index in [1.165, 1.54) is 0 Å². The highest BCUT2D eigenvalue weighted by molar-refractivity contribution is 6.16. The van der Waals surface area contributed by atoms with Gasteiger partial charge in [-0.3, -0.25) is 0 Å². The molecule has 0 spiro atoms. The zero-order valence-corrected chi connectivity index (χ0v) is 9.90. The summed E-state index contributed by atoms with van der Waals surface area (Å²) in [6.45, 7) is 0. The summed E-state index contributed by atoms with van der Waals surface area (Å²) in [5, 5.41) is 3.75. The lowest BCUT2D eigenvalue weighted by molar-refractivity contribution is 0.425. The third-order valence-electron chi connectivity index (χ3n) is 2.20. The van der Waals surface area contributed by atoms with Crippen LogP contribution >= 0.6 is 11.6 Å². The average Bonchev–Trinajstić information content (AvgIpc) is 2.77. The van der Waals surface area contributed by atoms with Crippen molar-refractivity contribution in [2.24, 2.45) is 0 Å². The van der Waals surface area contributed by atoms with Crippen molar-refractivity contribution in [3.8, 4) is 11.5 Å². The Labute approximate surface area is 98.8 Å². The zero-order valence-electron chi connectivity index (χ0n) is 9.14. The first-order chi connectivity index (χ1) is 7.70. The van der Waals surface area contributed by atoms with Gasteiger partial charge in [0, 0.05) is 25.3 Å². The molecule has 1 aromatic carbocycles. The van der Waals surface area contributed by atoms with Gasteiger partial charge in [-0.1, -0.05) is 11.2 Å². The number of anilines is 1. The molecule has 84 valence electrons. The molecule has 0 aliphatic carbocycles. The predicted molar refractivity (Wildman–Crippen MR) is 63.6 cm³/mol. The third kappa shape index (κ3) is 2.17. The predicted octanol–water partition coefficient (Wildman–Crippen LogP) is 2.54. The zero-order chi connectivity index (χ0) is 11.5. The van der Waals surface area contributed by atoms with E-state index in [4.69, 9.17) is 16.1 Å². The second kappa shape index (κ2) is 4.53. The van der Waals surface area contributed by atoms with Crippen LogP contribution in [0.25, 0.3) is 11.5 Å². The van der Waals surface area contributed by atoms with Gasteiger partial charge in [-0.05, 0) is 18.2 Å². The van der Waals surface area contributed by atoms with E-state index in [0.717, 1.165) is 11.3 Å². The monoisotopic (exact) mass is 237 g/mol. The molecule has 1 heterocycles. The highest BCUT2D eigenvalue weighted by Crippen LogP contribution is 2.22. The first-order valence-electron chi connectivity index (χ1n) is 4.87. The lowest BCUT2D eigenvalue weighted by Gasteiger charge is -2.12. The van der Waals surface area contributed by atoms with Crippen LogP contribution in [0.4, 0.5) is 5.69 Å². The van der Waals surface area contributed by atoms with Crippen LogP contribution in [0, 0.1) is 0 Å². The first-order valence-corrected chi connectivity index (χ1v) is 5.40. The topological polar surface area (TPSA) is 42.2 Å². The Morgan fingerprint density at radius 2 is 2.19 bits per heavy atom. The molecule has 0 N–H and O–H groups in total. The molecule has 0 fully saturated rings. The highest BCUT2D eigenvalue weighted by Gasteiger charge is 2.08. The minimum absolute atomic E-state index is 0.261. The molecule has 2 rings (SSSR count). The molecule has 0 aliphatic heterocycles. The molecule has 0 amide bonds. The van der Waals surface area contributed by atoms with E-state index < -0.39 is 0 Å². The smallest absolute Gasteiger partial charge is 0.258 e. The largest absolute Gasteiger partial charge is 0.378 e. The van der Waals surface area contributed by atoms with E-state index in [0.29, 0.717) is 11.7 Å². The van der Waals surface area contributed by atoms with Gasteiger partial charge in [0.25, 0.3) is 5.89 Å². The van der Waals surface area contributed by atoms with Crippen LogP contribution in [-0.2, 0) is 5.88 Å². The van der Waals surface area contributed by atoms with Crippen LogP contribution in [0.3, 0.4) is 0 Å². The van der Waals surface area contributed by atoms with E-state index in [-0.39, 0.29) is 5.88 Å².